The van der Waals surface area contributed by atoms with Gasteiger partial charge in [-0.2, -0.15) is 0 Å². The van der Waals surface area contributed by atoms with Crippen LogP contribution in [0.5, 0.6) is 0 Å². The molecule has 0 aliphatic heterocycles. The third-order valence-corrected chi connectivity index (χ3v) is 4.26. The van der Waals surface area contributed by atoms with Gasteiger partial charge < -0.3 is 9.73 Å². The molecule has 0 spiro atoms. The smallest absolute Gasteiger partial charge is 0.265 e. The summed E-state index contributed by atoms with van der Waals surface area (Å²) in [7, 11) is 0. The molecule has 2 aromatic heterocycles. The number of hydrogen-bond donors (Lipinski definition) is 1. The molecule has 1 aromatic carbocycles. The highest BCUT2D eigenvalue weighted by Gasteiger charge is 2.23. The zero-order chi connectivity index (χ0) is 18.8. The number of amides is 1. The van der Waals surface area contributed by atoms with Gasteiger partial charge in [-0.25, -0.2) is 4.98 Å². The van der Waals surface area contributed by atoms with E-state index >= 15 is 0 Å². The second-order valence-electron chi connectivity index (χ2n) is 6.81. The number of hydrogen-bond acceptors (Lipinski definition) is 4. The van der Waals surface area contributed by atoms with Crippen molar-refractivity contribution in [2.45, 2.75) is 40.7 Å². The molecule has 6 heteroatoms. The summed E-state index contributed by atoms with van der Waals surface area (Å²) in [5.74, 6) is 0.301. The lowest BCUT2D eigenvalue weighted by Crippen LogP contribution is -2.24. The van der Waals surface area contributed by atoms with Crippen LogP contribution in [0.2, 0.25) is 0 Å². The summed E-state index contributed by atoms with van der Waals surface area (Å²) in [5, 5.41) is 3.07. The third kappa shape index (κ3) is 3.40. The second-order valence-corrected chi connectivity index (χ2v) is 6.81. The molecular formula is C20H23N3O3. The molecule has 0 atom stereocenters. The van der Waals surface area contributed by atoms with Crippen LogP contribution in [0.25, 0.3) is 11.1 Å². The summed E-state index contributed by atoms with van der Waals surface area (Å²) < 4.78 is 7.07. The number of nitrogens with zero attached hydrogens (tertiary/aromatic N) is 2. The van der Waals surface area contributed by atoms with E-state index in [1.54, 1.807) is 6.92 Å². The summed E-state index contributed by atoms with van der Waals surface area (Å²) in [6, 6.07) is 7.63. The molecule has 3 rings (SSSR count). The van der Waals surface area contributed by atoms with Crippen molar-refractivity contribution in [2.75, 3.05) is 5.32 Å². The Hall–Kier alpha value is -2.89. The molecular weight excluding hydrogens is 330 g/mol. The van der Waals surface area contributed by atoms with E-state index in [1.807, 2.05) is 38.1 Å². The molecule has 0 aliphatic rings. The fourth-order valence-corrected chi connectivity index (χ4v) is 2.95. The van der Waals surface area contributed by atoms with Crippen molar-refractivity contribution >= 4 is 22.7 Å². The van der Waals surface area contributed by atoms with E-state index in [0.717, 1.165) is 6.42 Å². The fourth-order valence-electron chi connectivity index (χ4n) is 2.95. The lowest BCUT2D eigenvalue weighted by Gasteiger charge is -2.08. The number of carbonyl (C=O) groups is 1. The van der Waals surface area contributed by atoms with E-state index in [-0.39, 0.29) is 34.0 Å². The van der Waals surface area contributed by atoms with Crippen LogP contribution < -0.4 is 10.9 Å². The monoisotopic (exact) mass is 353 g/mol. The summed E-state index contributed by atoms with van der Waals surface area (Å²) in [6.45, 7) is 8.31. The fraction of sp³-hybridized carbons (Fsp3) is 0.350. The molecule has 6 nitrogen and oxygen atoms in total. The molecule has 0 fully saturated rings. The maximum Gasteiger partial charge on any atom is 0.265 e. The second kappa shape index (κ2) is 7.15. The van der Waals surface area contributed by atoms with Crippen molar-refractivity contribution in [1.29, 1.82) is 0 Å². The van der Waals surface area contributed by atoms with E-state index in [9.17, 15) is 9.59 Å². The van der Waals surface area contributed by atoms with Crippen LogP contribution in [0.15, 0.2) is 39.8 Å². The molecule has 0 saturated carbocycles. The van der Waals surface area contributed by atoms with Gasteiger partial charge in [0.2, 0.25) is 5.71 Å². The molecule has 0 radical (unpaired) electrons. The van der Waals surface area contributed by atoms with Gasteiger partial charge in [-0.15, -0.1) is 0 Å². The van der Waals surface area contributed by atoms with Crippen molar-refractivity contribution in [1.82, 2.24) is 9.55 Å². The molecule has 1 N–H and O–H groups in total. The highest BCUT2D eigenvalue weighted by Crippen LogP contribution is 2.22. The van der Waals surface area contributed by atoms with Crippen LogP contribution in [0.3, 0.4) is 0 Å². The standard InChI is InChI=1S/C20H23N3O3/c1-5-14-6-8-15(9-7-14)22-18(24)16-13(4)26-19-17(16)20(25)23(11-21-19)10-12(2)3/h6-9,11-12H,5,10H2,1-4H3,(H,22,24). The molecule has 3 aromatic rings. The molecule has 0 unspecified atom stereocenters. The quantitative estimate of drug-likeness (QED) is 0.757. The van der Waals surface area contributed by atoms with Crippen molar-refractivity contribution < 1.29 is 9.21 Å². The maximum atomic E-state index is 12.8. The zero-order valence-electron chi connectivity index (χ0n) is 15.5. The lowest BCUT2D eigenvalue weighted by molar-refractivity contribution is 0.102. The zero-order valence-corrected chi connectivity index (χ0v) is 15.5. The predicted molar refractivity (Wildman–Crippen MR) is 102 cm³/mol. The first-order valence-corrected chi connectivity index (χ1v) is 8.79. The Kier molecular flexibility index (Phi) is 4.93. The Morgan fingerprint density at radius 3 is 2.58 bits per heavy atom. The average molecular weight is 353 g/mol. The number of nitrogens with one attached hydrogen (secondary N) is 1. The Balaban J connectivity index is 2.01. The first kappa shape index (κ1) is 17.9. The summed E-state index contributed by atoms with van der Waals surface area (Å²) >= 11 is 0. The van der Waals surface area contributed by atoms with E-state index in [2.05, 4.69) is 17.2 Å². The van der Waals surface area contributed by atoms with E-state index in [4.69, 9.17) is 4.42 Å². The maximum absolute atomic E-state index is 12.8. The minimum absolute atomic E-state index is 0.194. The van der Waals surface area contributed by atoms with Gasteiger partial charge in [0.25, 0.3) is 11.5 Å². The molecule has 1 amide bonds. The third-order valence-electron chi connectivity index (χ3n) is 4.26. The van der Waals surface area contributed by atoms with Crippen LogP contribution in [0, 0.1) is 12.8 Å². The van der Waals surface area contributed by atoms with E-state index < -0.39 is 0 Å². The van der Waals surface area contributed by atoms with Crippen LogP contribution >= 0.6 is 0 Å². The number of aromatic nitrogens is 2. The molecule has 0 saturated heterocycles. The summed E-state index contributed by atoms with van der Waals surface area (Å²) in [5.41, 5.74) is 2.04. The topological polar surface area (TPSA) is 77.1 Å². The van der Waals surface area contributed by atoms with Crippen LogP contribution in [0.1, 0.15) is 42.5 Å². The van der Waals surface area contributed by atoms with Gasteiger partial charge in [-0.1, -0.05) is 32.9 Å². The molecule has 136 valence electrons. The molecule has 0 bridgehead atoms. The number of carbonyl (C=O) groups excluding carboxylic acids is 1. The highest BCUT2D eigenvalue weighted by molar-refractivity contribution is 6.12. The van der Waals surface area contributed by atoms with Gasteiger partial charge in [0.15, 0.2) is 0 Å². The first-order chi connectivity index (χ1) is 12.4. The van der Waals surface area contributed by atoms with Crippen LogP contribution in [-0.2, 0) is 13.0 Å². The Morgan fingerprint density at radius 2 is 1.96 bits per heavy atom. The predicted octanol–water partition coefficient (Wildman–Crippen LogP) is 3.77. The van der Waals surface area contributed by atoms with Crippen LogP contribution in [-0.4, -0.2) is 15.5 Å². The number of benzene rings is 1. The molecule has 2 heterocycles. The molecule has 26 heavy (non-hydrogen) atoms. The Bertz CT molecular complexity index is 998. The van der Waals surface area contributed by atoms with Gasteiger partial charge in [0, 0.05) is 12.2 Å². The number of fused-ring (bicyclic) bond motifs is 1. The normalized spacial score (nSPS) is 11.3. The first-order valence-electron chi connectivity index (χ1n) is 8.79. The van der Waals surface area contributed by atoms with Gasteiger partial charge in [-0.3, -0.25) is 14.2 Å². The number of rotatable bonds is 5. The number of furan rings is 1. The van der Waals surface area contributed by atoms with Gasteiger partial charge in [0.1, 0.15) is 17.5 Å². The van der Waals surface area contributed by atoms with Gasteiger partial charge in [0.05, 0.1) is 5.56 Å². The Morgan fingerprint density at radius 1 is 1.27 bits per heavy atom. The average Bonchev–Trinajstić information content (AvgIpc) is 2.94. The Labute approximate surface area is 151 Å². The van der Waals surface area contributed by atoms with Gasteiger partial charge >= 0.3 is 0 Å². The SMILES string of the molecule is CCc1ccc(NC(=O)c2c(C)oc3ncn(CC(C)C)c(=O)c23)cc1. The summed E-state index contributed by atoms with van der Waals surface area (Å²) in [4.78, 5) is 29.8. The van der Waals surface area contributed by atoms with Crippen LogP contribution in [0.4, 0.5) is 5.69 Å². The van der Waals surface area contributed by atoms with Crippen molar-refractivity contribution in [2.24, 2.45) is 5.92 Å². The van der Waals surface area contributed by atoms with Crippen molar-refractivity contribution in [3.8, 4) is 0 Å². The largest absolute Gasteiger partial charge is 0.442 e. The van der Waals surface area contributed by atoms with E-state index in [0.29, 0.717) is 18.0 Å². The van der Waals surface area contributed by atoms with Gasteiger partial charge in [-0.05, 0) is 37.0 Å². The molecule has 0 aliphatic carbocycles. The van der Waals surface area contributed by atoms with Crippen molar-refractivity contribution in [3.63, 3.8) is 0 Å². The number of anilines is 1. The summed E-state index contributed by atoms with van der Waals surface area (Å²) in [6.07, 6.45) is 2.40. The minimum atomic E-state index is -0.369. The van der Waals surface area contributed by atoms with Crippen molar-refractivity contribution in [3.05, 3.63) is 57.8 Å². The number of aryl methyl sites for hydroxylation is 2. The minimum Gasteiger partial charge on any atom is -0.442 e. The lowest BCUT2D eigenvalue weighted by atomic mass is 10.1. The highest BCUT2D eigenvalue weighted by atomic mass is 16.3. The van der Waals surface area contributed by atoms with E-state index in [1.165, 1.54) is 16.5 Å².